The summed E-state index contributed by atoms with van der Waals surface area (Å²) in [6, 6.07) is 1.96. The second-order valence-electron chi connectivity index (χ2n) is 4.80. The number of hydrogen-bond acceptors (Lipinski definition) is 5. The van der Waals surface area contributed by atoms with Crippen LogP contribution in [0.3, 0.4) is 0 Å². The minimum absolute atomic E-state index is 0.250. The Balaban J connectivity index is 0.000000677. The van der Waals surface area contributed by atoms with Gasteiger partial charge in [0, 0.05) is 25.8 Å². The predicted octanol–water partition coefficient (Wildman–Crippen LogP) is -0.129. The smallest absolute Gasteiger partial charge is 0.309 e. The Bertz CT molecular complexity index is 462. The van der Waals surface area contributed by atoms with E-state index < -0.39 is 18.0 Å². The number of carbonyl (C=O) groups is 2. The summed E-state index contributed by atoms with van der Waals surface area (Å²) in [5.74, 6) is -1.54. The van der Waals surface area contributed by atoms with Gasteiger partial charge in [0.25, 0.3) is 6.47 Å². The summed E-state index contributed by atoms with van der Waals surface area (Å²) < 4.78 is 1.86. The number of aliphatic hydroxyl groups is 1. The van der Waals surface area contributed by atoms with E-state index in [-0.39, 0.29) is 6.47 Å². The van der Waals surface area contributed by atoms with Crippen LogP contribution >= 0.6 is 0 Å². The standard InChI is InChI=1S/C12H19N3O3.CH2O2/c1-2-15-6-3-9(13-15)7-14-5-4-10(12(17)18)11(16)8-14;2-1-3/h3,6,10-11,16H,2,4-5,7-8H2,1H3,(H,17,18);1H,(H,2,3)/t10-,11+;/m0./s1. The van der Waals surface area contributed by atoms with Gasteiger partial charge in [-0.3, -0.25) is 19.2 Å². The van der Waals surface area contributed by atoms with Gasteiger partial charge in [0.15, 0.2) is 0 Å². The van der Waals surface area contributed by atoms with Crippen molar-refractivity contribution >= 4 is 12.4 Å². The second-order valence-corrected chi connectivity index (χ2v) is 4.80. The van der Waals surface area contributed by atoms with Crippen molar-refractivity contribution in [2.75, 3.05) is 13.1 Å². The third-order valence-electron chi connectivity index (χ3n) is 3.39. The van der Waals surface area contributed by atoms with Gasteiger partial charge in [-0.25, -0.2) is 0 Å². The zero-order chi connectivity index (χ0) is 15.8. The number of piperidine rings is 1. The summed E-state index contributed by atoms with van der Waals surface area (Å²) in [6.45, 7) is 4.36. The number of hydrogen-bond donors (Lipinski definition) is 3. The number of aliphatic carboxylic acids is 1. The number of nitrogens with zero attached hydrogens (tertiary/aromatic N) is 3. The molecule has 3 N–H and O–H groups in total. The molecule has 0 saturated carbocycles. The highest BCUT2D eigenvalue weighted by molar-refractivity contribution is 5.70. The topological polar surface area (TPSA) is 116 Å². The fourth-order valence-corrected chi connectivity index (χ4v) is 2.32. The molecule has 1 aliphatic heterocycles. The molecule has 0 amide bonds. The molecule has 118 valence electrons. The minimum Gasteiger partial charge on any atom is -0.483 e. The van der Waals surface area contributed by atoms with E-state index >= 15 is 0 Å². The molecular formula is C13H21N3O5. The van der Waals surface area contributed by atoms with Gasteiger partial charge in [0.05, 0.1) is 17.7 Å². The number of aromatic nitrogens is 2. The highest BCUT2D eigenvalue weighted by atomic mass is 16.4. The summed E-state index contributed by atoms with van der Waals surface area (Å²) in [6.07, 6.45) is 1.63. The quantitative estimate of drug-likeness (QED) is 0.663. The largest absolute Gasteiger partial charge is 0.483 e. The van der Waals surface area contributed by atoms with E-state index in [1.165, 1.54) is 0 Å². The first-order valence-corrected chi connectivity index (χ1v) is 6.75. The van der Waals surface area contributed by atoms with Crippen LogP contribution in [0.2, 0.25) is 0 Å². The van der Waals surface area contributed by atoms with Crippen LogP contribution in [0.1, 0.15) is 19.0 Å². The molecule has 0 bridgehead atoms. The lowest BCUT2D eigenvalue weighted by Crippen LogP contribution is -2.46. The normalized spacial score (nSPS) is 22.2. The van der Waals surface area contributed by atoms with E-state index in [9.17, 15) is 9.90 Å². The third-order valence-corrected chi connectivity index (χ3v) is 3.39. The number of carboxylic acids is 1. The highest BCUT2D eigenvalue weighted by Gasteiger charge is 2.32. The van der Waals surface area contributed by atoms with Gasteiger partial charge in [-0.05, 0) is 26.0 Å². The van der Waals surface area contributed by atoms with Crippen molar-refractivity contribution in [2.45, 2.75) is 32.5 Å². The maximum absolute atomic E-state index is 10.9. The van der Waals surface area contributed by atoms with E-state index in [0.29, 0.717) is 26.1 Å². The number of aliphatic hydroxyl groups excluding tert-OH is 1. The van der Waals surface area contributed by atoms with Gasteiger partial charge in [0.2, 0.25) is 0 Å². The van der Waals surface area contributed by atoms with Crippen LogP contribution in [-0.4, -0.2) is 61.6 Å². The van der Waals surface area contributed by atoms with Crippen molar-refractivity contribution in [3.8, 4) is 0 Å². The van der Waals surface area contributed by atoms with Gasteiger partial charge in [-0.15, -0.1) is 0 Å². The fraction of sp³-hybridized carbons (Fsp3) is 0.615. The first-order valence-electron chi connectivity index (χ1n) is 6.75. The van der Waals surface area contributed by atoms with E-state index in [1.54, 1.807) is 0 Å². The Kier molecular flexibility index (Phi) is 6.83. The van der Waals surface area contributed by atoms with Crippen molar-refractivity contribution < 1.29 is 24.9 Å². The second kappa shape index (κ2) is 8.38. The van der Waals surface area contributed by atoms with Crippen LogP contribution < -0.4 is 0 Å². The monoisotopic (exact) mass is 299 g/mol. The lowest BCUT2D eigenvalue weighted by molar-refractivity contribution is -0.148. The number of aryl methyl sites for hydroxylation is 1. The maximum Gasteiger partial charge on any atom is 0.309 e. The summed E-state index contributed by atoms with van der Waals surface area (Å²) in [5, 5.41) is 30.0. The Morgan fingerprint density at radius 1 is 1.57 bits per heavy atom. The van der Waals surface area contributed by atoms with Gasteiger partial charge < -0.3 is 15.3 Å². The zero-order valence-electron chi connectivity index (χ0n) is 11.9. The Morgan fingerprint density at radius 2 is 2.24 bits per heavy atom. The fourth-order valence-electron chi connectivity index (χ4n) is 2.32. The van der Waals surface area contributed by atoms with Crippen molar-refractivity contribution in [3.05, 3.63) is 18.0 Å². The van der Waals surface area contributed by atoms with E-state index in [1.807, 2.05) is 28.8 Å². The Hall–Kier alpha value is -1.93. The molecule has 2 rings (SSSR count). The van der Waals surface area contributed by atoms with E-state index in [4.69, 9.17) is 15.0 Å². The van der Waals surface area contributed by atoms with Gasteiger partial charge >= 0.3 is 5.97 Å². The molecule has 1 aromatic rings. The van der Waals surface area contributed by atoms with E-state index in [0.717, 1.165) is 12.2 Å². The number of β-amino-alcohol motifs (C(OH)–C–C–N with tert-alkyl or cyclic N) is 1. The molecule has 1 aromatic heterocycles. The summed E-state index contributed by atoms with van der Waals surface area (Å²) >= 11 is 0. The molecule has 2 heterocycles. The van der Waals surface area contributed by atoms with Crippen molar-refractivity contribution in [1.82, 2.24) is 14.7 Å². The Morgan fingerprint density at radius 3 is 2.71 bits per heavy atom. The van der Waals surface area contributed by atoms with Crippen molar-refractivity contribution in [2.24, 2.45) is 5.92 Å². The summed E-state index contributed by atoms with van der Waals surface area (Å²) in [4.78, 5) is 21.3. The molecule has 1 fully saturated rings. The molecule has 1 saturated heterocycles. The molecule has 2 atom stereocenters. The molecule has 0 radical (unpaired) electrons. The summed E-state index contributed by atoms with van der Waals surface area (Å²) in [7, 11) is 0. The minimum atomic E-state index is -0.905. The molecule has 0 unspecified atom stereocenters. The van der Waals surface area contributed by atoms with Crippen molar-refractivity contribution in [1.29, 1.82) is 0 Å². The summed E-state index contributed by atoms with van der Waals surface area (Å²) in [5.41, 5.74) is 0.956. The van der Waals surface area contributed by atoms with Crippen molar-refractivity contribution in [3.63, 3.8) is 0 Å². The van der Waals surface area contributed by atoms with Crippen LogP contribution in [0.5, 0.6) is 0 Å². The number of rotatable bonds is 4. The number of carboxylic acid groups (broad SMARTS) is 2. The molecule has 1 aliphatic rings. The SMILES string of the molecule is CCn1ccc(CN2CC[C@H](C(=O)O)[C@H](O)C2)n1.O=CO. The predicted molar refractivity (Wildman–Crippen MR) is 73.6 cm³/mol. The maximum atomic E-state index is 10.9. The van der Waals surface area contributed by atoms with Gasteiger partial charge in [-0.2, -0.15) is 5.10 Å². The molecule has 0 spiro atoms. The highest BCUT2D eigenvalue weighted by Crippen LogP contribution is 2.19. The third kappa shape index (κ3) is 5.16. The first kappa shape index (κ1) is 17.1. The van der Waals surface area contributed by atoms with Crippen LogP contribution in [0.15, 0.2) is 12.3 Å². The average Bonchev–Trinajstić information content (AvgIpc) is 2.87. The molecule has 8 nitrogen and oxygen atoms in total. The first-order chi connectivity index (χ1) is 10.0. The van der Waals surface area contributed by atoms with Crippen LogP contribution in [0.4, 0.5) is 0 Å². The van der Waals surface area contributed by atoms with Crippen LogP contribution in [0.25, 0.3) is 0 Å². The molecule has 0 aromatic carbocycles. The number of likely N-dealkylation sites (tertiary alicyclic amines) is 1. The average molecular weight is 299 g/mol. The lowest BCUT2D eigenvalue weighted by atomic mass is 9.94. The Labute approximate surface area is 122 Å². The molecule has 8 heteroatoms. The van der Waals surface area contributed by atoms with Gasteiger partial charge in [-0.1, -0.05) is 0 Å². The molecule has 0 aliphatic carbocycles. The molecular weight excluding hydrogens is 278 g/mol. The molecule has 21 heavy (non-hydrogen) atoms. The van der Waals surface area contributed by atoms with E-state index in [2.05, 4.69) is 5.10 Å². The van der Waals surface area contributed by atoms with Gasteiger partial charge in [0.1, 0.15) is 0 Å². The lowest BCUT2D eigenvalue weighted by Gasteiger charge is -2.33. The van der Waals surface area contributed by atoms with Crippen LogP contribution in [-0.2, 0) is 22.7 Å². The van der Waals surface area contributed by atoms with Crippen LogP contribution in [0, 0.1) is 5.92 Å². The zero-order valence-corrected chi connectivity index (χ0v) is 11.9.